The van der Waals surface area contributed by atoms with Crippen LogP contribution in [-0.4, -0.2) is 47.9 Å². The molecule has 98 valence electrons. The maximum atomic E-state index is 12.4. The standard InChI is InChI=1S/C14H20N2O2/c1-15-7-2-4-12(15)13-5-3-8-16(13)14(17)11-6-9-18-10-11/h6,9-10,12-13H,2-5,7-8H2,1H3/t12-,13-/m1/s1. The lowest BCUT2D eigenvalue weighted by Gasteiger charge is -2.33. The largest absolute Gasteiger partial charge is 0.472 e. The molecule has 0 aliphatic carbocycles. The van der Waals surface area contributed by atoms with Crippen LogP contribution in [0.15, 0.2) is 23.0 Å². The van der Waals surface area contributed by atoms with Gasteiger partial charge >= 0.3 is 0 Å². The van der Waals surface area contributed by atoms with Crippen molar-refractivity contribution in [1.82, 2.24) is 9.80 Å². The van der Waals surface area contributed by atoms with Crippen LogP contribution in [0, 0.1) is 0 Å². The molecule has 4 heteroatoms. The lowest BCUT2D eigenvalue weighted by atomic mass is 10.0. The van der Waals surface area contributed by atoms with Crippen LogP contribution in [0.1, 0.15) is 36.0 Å². The Balaban J connectivity index is 1.77. The number of hydrogen-bond donors (Lipinski definition) is 0. The second-order valence-corrected chi connectivity index (χ2v) is 5.41. The summed E-state index contributed by atoms with van der Waals surface area (Å²) in [7, 11) is 2.18. The molecule has 2 aliphatic heterocycles. The van der Waals surface area contributed by atoms with E-state index in [0.29, 0.717) is 17.6 Å². The number of hydrogen-bond acceptors (Lipinski definition) is 3. The molecule has 18 heavy (non-hydrogen) atoms. The molecule has 1 aromatic heterocycles. The van der Waals surface area contributed by atoms with Gasteiger partial charge in [0.15, 0.2) is 0 Å². The van der Waals surface area contributed by atoms with E-state index in [4.69, 9.17) is 4.42 Å². The molecule has 2 fully saturated rings. The van der Waals surface area contributed by atoms with E-state index in [1.165, 1.54) is 12.8 Å². The van der Waals surface area contributed by atoms with Crippen LogP contribution in [0.2, 0.25) is 0 Å². The molecular formula is C14H20N2O2. The summed E-state index contributed by atoms with van der Waals surface area (Å²) in [5.41, 5.74) is 0.683. The molecule has 0 N–H and O–H groups in total. The number of rotatable bonds is 2. The minimum atomic E-state index is 0.131. The van der Waals surface area contributed by atoms with Gasteiger partial charge in [-0.15, -0.1) is 0 Å². The highest BCUT2D eigenvalue weighted by Crippen LogP contribution is 2.30. The van der Waals surface area contributed by atoms with Crippen LogP contribution in [0.25, 0.3) is 0 Å². The molecule has 4 nitrogen and oxygen atoms in total. The number of carbonyl (C=O) groups is 1. The van der Waals surface area contributed by atoms with Crippen LogP contribution in [0.4, 0.5) is 0 Å². The van der Waals surface area contributed by atoms with Crippen molar-refractivity contribution in [3.8, 4) is 0 Å². The number of likely N-dealkylation sites (N-methyl/N-ethyl adjacent to an activating group) is 1. The van der Waals surface area contributed by atoms with Crippen molar-refractivity contribution in [3.05, 3.63) is 24.2 Å². The van der Waals surface area contributed by atoms with E-state index in [0.717, 1.165) is 25.9 Å². The van der Waals surface area contributed by atoms with Crippen molar-refractivity contribution in [2.75, 3.05) is 20.1 Å². The fraction of sp³-hybridized carbons (Fsp3) is 0.643. The van der Waals surface area contributed by atoms with Crippen LogP contribution in [0.5, 0.6) is 0 Å². The third-order valence-corrected chi connectivity index (χ3v) is 4.35. The number of amides is 1. The predicted octanol–water partition coefficient (Wildman–Crippen LogP) is 1.98. The smallest absolute Gasteiger partial charge is 0.257 e. The number of nitrogens with zero attached hydrogens (tertiary/aromatic N) is 2. The lowest BCUT2D eigenvalue weighted by molar-refractivity contribution is 0.0664. The summed E-state index contributed by atoms with van der Waals surface area (Å²) < 4.78 is 5.02. The van der Waals surface area contributed by atoms with Crippen molar-refractivity contribution in [2.45, 2.75) is 37.8 Å². The Kier molecular flexibility index (Phi) is 3.12. The molecule has 0 bridgehead atoms. The van der Waals surface area contributed by atoms with Crippen molar-refractivity contribution >= 4 is 5.91 Å². The van der Waals surface area contributed by atoms with Crippen LogP contribution < -0.4 is 0 Å². The Bertz CT molecular complexity index is 415. The van der Waals surface area contributed by atoms with Gasteiger partial charge in [0.05, 0.1) is 11.8 Å². The van der Waals surface area contributed by atoms with Gasteiger partial charge in [0.1, 0.15) is 6.26 Å². The monoisotopic (exact) mass is 248 g/mol. The number of likely N-dealkylation sites (tertiary alicyclic amines) is 2. The molecule has 0 saturated carbocycles. The zero-order valence-electron chi connectivity index (χ0n) is 10.8. The van der Waals surface area contributed by atoms with Gasteiger partial charge in [-0.3, -0.25) is 4.79 Å². The molecule has 2 aliphatic rings. The fourth-order valence-electron chi connectivity index (χ4n) is 3.42. The topological polar surface area (TPSA) is 36.7 Å². The second kappa shape index (κ2) is 4.76. The Hall–Kier alpha value is -1.29. The SMILES string of the molecule is CN1CCC[C@@H]1[C@H]1CCCN1C(=O)c1ccoc1. The molecule has 3 heterocycles. The van der Waals surface area contributed by atoms with Crippen molar-refractivity contribution in [3.63, 3.8) is 0 Å². The first-order chi connectivity index (χ1) is 8.77. The summed E-state index contributed by atoms with van der Waals surface area (Å²) in [6.07, 6.45) is 7.86. The zero-order valence-corrected chi connectivity index (χ0v) is 10.8. The van der Waals surface area contributed by atoms with Crippen molar-refractivity contribution in [1.29, 1.82) is 0 Å². The third kappa shape index (κ3) is 1.94. The van der Waals surface area contributed by atoms with Gasteiger partial charge in [-0.25, -0.2) is 0 Å². The molecule has 0 spiro atoms. The Morgan fingerprint density at radius 1 is 1.28 bits per heavy atom. The predicted molar refractivity (Wildman–Crippen MR) is 68.4 cm³/mol. The highest BCUT2D eigenvalue weighted by molar-refractivity contribution is 5.94. The minimum Gasteiger partial charge on any atom is -0.472 e. The molecule has 1 amide bonds. The average molecular weight is 248 g/mol. The van der Waals surface area contributed by atoms with E-state index in [2.05, 4.69) is 16.8 Å². The maximum Gasteiger partial charge on any atom is 0.257 e. The summed E-state index contributed by atoms with van der Waals surface area (Å²) in [6.45, 7) is 2.05. The van der Waals surface area contributed by atoms with Gasteiger partial charge in [0, 0.05) is 18.6 Å². The first kappa shape index (κ1) is 11.8. The summed E-state index contributed by atoms with van der Waals surface area (Å²) in [4.78, 5) is 16.9. The molecule has 0 radical (unpaired) electrons. The summed E-state index contributed by atoms with van der Waals surface area (Å²) >= 11 is 0. The summed E-state index contributed by atoms with van der Waals surface area (Å²) in [5.74, 6) is 0.131. The van der Waals surface area contributed by atoms with Crippen LogP contribution >= 0.6 is 0 Å². The fourth-order valence-corrected chi connectivity index (χ4v) is 3.42. The average Bonchev–Trinajstić information content (AvgIpc) is 3.09. The van der Waals surface area contributed by atoms with Crippen LogP contribution in [0.3, 0.4) is 0 Å². The Labute approximate surface area is 108 Å². The molecule has 0 unspecified atom stereocenters. The molecule has 3 rings (SSSR count). The third-order valence-electron chi connectivity index (χ3n) is 4.35. The minimum absolute atomic E-state index is 0.131. The quantitative estimate of drug-likeness (QED) is 0.803. The number of furan rings is 1. The van der Waals surface area contributed by atoms with E-state index in [9.17, 15) is 4.79 Å². The van der Waals surface area contributed by atoms with Crippen molar-refractivity contribution < 1.29 is 9.21 Å². The van der Waals surface area contributed by atoms with Gasteiger partial charge in [0.2, 0.25) is 0 Å². The van der Waals surface area contributed by atoms with E-state index in [1.54, 1.807) is 18.6 Å². The van der Waals surface area contributed by atoms with Crippen molar-refractivity contribution in [2.24, 2.45) is 0 Å². The first-order valence-corrected chi connectivity index (χ1v) is 6.81. The van der Waals surface area contributed by atoms with E-state index in [-0.39, 0.29) is 5.91 Å². The molecule has 1 aromatic rings. The van der Waals surface area contributed by atoms with Gasteiger partial charge < -0.3 is 14.2 Å². The van der Waals surface area contributed by atoms with E-state index in [1.807, 2.05) is 0 Å². The molecule has 0 aromatic carbocycles. The zero-order chi connectivity index (χ0) is 12.5. The van der Waals surface area contributed by atoms with Gasteiger partial charge in [-0.05, 0) is 45.3 Å². The van der Waals surface area contributed by atoms with E-state index >= 15 is 0 Å². The lowest BCUT2D eigenvalue weighted by Crippen LogP contribution is -2.47. The summed E-state index contributed by atoms with van der Waals surface area (Å²) in [5, 5.41) is 0. The Morgan fingerprint density at radius 3 is 2.72 bits per heavy atom. The first-order valence-electron chi connectivity index (χ1n) is 6.81. The van der Waals surface area contributed by atoms with Gasteiger partial charge in [-0.2, -0.15) is 0 Å². The number of carbonyl (C=O) groups excluding carboxylic acids is 1. The Morgan fingerprint density at radius 2 is 2.06 bits per heavy atom. The van der Waals surface area contributed by atoms with Gasteiger partial charge in [-0.1, -0.05) is 0 Å². The normalized spacial score (nSPS) is 29.1. The van der Waals surface area contributed by atoms with Gasteiger partial charge in [0.25, 0.3) is 5.91 Å². The molecule has 2 saturated heterocycles. The molecular weight excluding hydrogens is 228 g/mol. The maximum absolute atomic E-state index is 12.4. The highest BCUT2D eigenvalue weighted by atomic mass is 16.3. The highest BCUT2D eigenvalue weighted by Gasteiger charge is 2.38. The summed E-state index contributed by atoms with van der Waals surface area (Å²) in [6, 6.07) is 2.69. The van der Waals surface area contributed by atoms with Crippen LogP contribution in [-0.2, 0) is 0 Å². The van der Waals surface area contributed by atoms with E-state index < -0.39 is 0 Å². The molecule has 2 atom stereocenters. The second-order valence-electron chi connectivity index (χ2n) is 5.41.